The molecule has 1 fully saturated rings. The molecule has 5 nitrogen and oxygen atoms in total. The smallest absolute Gasteiger partial charge is 0.233 e. The SMILES string of the molecule is Cc1ccc(C)c(OC2CCN(Cc3cn4cccnc4n3)CC2)c1. The fourth-order valence-corrected chi connectivity index (χ4v) is 3.38. The van der Waals surface area contributed by atoms with E-state index in [0.717, 1.165) is 49.7 Å². The Labute approximate surface area is 148 Å². The molecule has 0 radical (unpaired) electrons. The molecule has 0 N–H and O–H groups in total. The second-order valence-corrected chi connectivity index (χ2v) is 6.92. The van der Waals surface area contributed by atoms with Crippen LogP contribution in [0.1, 0.15) is 29.7 Å². The fraction of sp³-hybridized carbons (Fsp3) is 0.400. The van der Waals surface area contributed by atoms with Crippen LogP contribution in [0.25, 0.3) is 5.78 Å². The number of benzene rings is 1. The van der Waals surface area contributed by atoms with Gasteiger partial charge in [0.25, 0.3) is 0 Å². The van der Waals surface area contributed by atoms with Gasteiger partial charge in [-0.15, -0.1) is 0 Å². The first kappa shape index (κ1) is 16.1. The quantitative estimate of drug-likeness (QED) is 0.732. The Bertz CT molecular complexity index is 832. The van der Waals surface area contributed by atoms with E-state index in [1.807, 2.05) is 16.7 Å². The van der Waals surface area contributed by atoms with Crippen molar-refractivity contribution < 1.29 is 4.74 Å². The zero-order valence-electron chi connectivity index (χ0n) is 14.9. The second kappa shape index (κ2) is 6.84. The second-order valence-electron chi connectivity index (χ2n) is 6.92. The van der Waals surface area contributed by atoms with E-state index in [9.17, 15) is 0 Å². The van der Waals surface area contributed by atoms with Crippen LogP contribution in [0.5, 0.6) is 5.75 Å². The third-order valence-corrected chi connectivity index (χ3v) is 4.84. The maximum Gasteiger partial charge on any atom is 0.233 e. The van der Waals surface area contributed by atoms with Crippen molar-refractivity contribution in [1.29, 1.82) is 0 Å². The standard InChI is InChI=1S/C20H24N4O/c1-15-4-5-16(2)19(12-15)25-18-6-10-23(11-7-18)13-17-14-24-9-3-8-21-20(24)22-17/h3-5,8-9,12,14,18H,6-7,10-11,13H2,1-2H3. The molecule has 0 aliphatic carbocycles. The Balaban J connectivity index is 1.34. The number of hydrogen-bond acceptors (Lipinski definition) is 4. The summed E-state index contributed by atoms with van der Waals surface area (Å²) >= 11 is 0. The van der Waals surface area contributed by atoms with Crippen LogP contribution in [0.15, 0.2) is 42.9 Å². The summed E-state index contributed by atoms with van der Waals surface area (Å²) in [6.07, 6.45) is 8.25. The zero-order chi connectivity index (χ0) is 17.2. The number of rotatable bonds is 4. The normalized spacial score (nSPS) is 16.4. The molecule has 1 saturated heterocycles. The molecule has 1 aliphatic rings. The van der Waals surface area contributed by atoms with Gasteiger partial charge in [-0.05, 0) is 49.9 Å². The van der Waals surface area contributed by atoms with E-state index in [1.54, 1.807) is 6.20 Å². The third kappa shape index (κ3) is 3.66. The van der Waals surface area contributed by atoms with Crippen molar-refractivity contribution >= 4 is 5.78 Å². The Morgan fingerprint density at radius 2 is 2.04 bits per heavy atom. The lowest BCUT2D eigenvalue weighted by Crippen LogP contribution is -2.38. The summed E-state index contributed by atoms with van der Waals surface area (Å²) in [4.78, 5) is 11.3. The summed E-state index contributed by atoms with van der Waals surface area (Å²) in [5.41, 5.74) is 3.54. The van der Waals surface area contributed by atoms with Crippen molar-refractivity contribution in [3.05, 3.63) is 59.7 Å². The first-order valence-electron chi connectivity index (χ1n) is 8.92. The molecule has 130 valence electrons. The molecule has 1 aliphatic heterocycles. The highest BCUT2D eigenvalue weighted by atomic mass is 16.5. The summed E-state index contributed by atoms with van der Waals surface area (Å²) < 4.78 is 8.23. The topological polar surface area (TPSA) is 42.7 Å². The minimum absolute atomic E-state index is 0.305. The van der Waals surface area contributed by atoms with Crippen LogP contribution >= 0.6 is 0 Å². The maximum absolute atomic E-state index is 6.26. The highest BCUT2D eigenvalue weighted by Gasteiger charge is 2.21. The minimum atomic E-state index is 0.305. The first-order chi connectivity index (χ1) is 12.2. The van der Waals surface area contributed by atoms with Crippen LogP contribution < -0.4 is 4.74 Å². The van der Waals surface area contributed by atoms with Gasteiger partial charge in [0.15, 0.2) is 0 Å². The predicted octanol–water partition coefficient (Wildman–Crippen LogP) is 3.39. The van der Waals surface area contributed by atoms with Gasteiger partial charge in [0, 0.05) is 38.2 Å². The van der Waals surface area contributed by atoms with E-state index >= 15 is 0 Å². The van der Waals surface area contributed by atoms with Crippen LogP contribution in [-0.4, -0.2) is 38.5 Å². The van der Waals surface area contributed by atoms with Gasteiger partial charge in [0.2, 0.25) is 5.78 Å². The van der Waals surface area contributed by atoms with Crippen molar-refractivity contribution in [1.82, 2.24) is 19.3 Å². The summed E-state index contributed by atoms with van der Waals surface area (Å²) in [5.74, 6) is 1.80. The lowest BCUT2D eigenvalue weighted by Gasteiger charge is -2.32. The van der Waals surface area contributed by atoms with E-state index in [-0.39, 0.29) is 0 Å². The molecule has 2 aromatic heterocycles. The minimum Gasteiger partial charge on any atom is -0.490 e. The van der Waals surface area contributed by atoms with Crippen LogP contribution in [0.2, 0.25) is 0 Å². The van der Waals surface area contributed by atoms with Gasteiger partial charge in [-0.1, -0.05) is 12.1 Å². The molecular weight excluding hydrogens is 312 g/mol. The number of likely N-dealkylation sites (tertiary alicyclic amines) is 1. The summed E-state index contributed by atoms with van der Waals surface area (Å²) in [5, 5.41) is 0. The number of ether oxygens (including phenoxy) is 1. The average molecular weight is 336 g/mol. The molecular formula is C20H24N4O. The van der Waals surface area contributed by atoms with Crippen LogP contribution in [0, 0.1) is 13.8 Å². The molecule has 3 aromatic rings. The number of piperidine rings is 1. The van der Waals surface area contributed by atoms with Gasteiger partial charge in [0.05, 0.1) is 5.69 Å². The van der Waals surface area contributed by atoms with Gasteiger partial charge in [0.1, 0.15) is 11.9 Å². The predicted molar refractivity (Wildman–Crippen MR) is 97.8 cm³/mol. The van der Waals surface area contributed by atoms with Crippen molar-refractivity contribution in [3.8, 4) is 5.75 Å². The summed E-state index contributed by atoms with van der Waals surface area (Å²) in [6.45, 7) is 7.17. The van der Waals surface area contributed by atoms with Crippen molar-refractivity contribution in [2.75, 3.05) is 13.1 Å². The number of hydrogen-bond donors (Lipinski definition) is 0. The lowest BCUT2D eigenvalue weighted by atomic mass is 10.1. The van der Waals surface area contributed by atoms with E-state index in [0.29, 0.717) is 6.10 Å². The molecule has 0 amide bonds. The fourth-order valence-electron chi connectivity index (χ4n) is 3.38. The van der Waals surface area contributed by atoms with E-state index in [4.69, 9.17) is 4.74 Å². The maximum atomic E-state index is 6.26. The zero-order valence-corrected chi connectivity index (χ0v) is 14.9. The monoisotopic (exact) mass is 336 g/mol. The largest absolute Gasteiger partial charge is 0.490 e. The molecule has 1 aromatic carbocycles. The van der Waals surface area contributed by atoms with Gasteiger partial charge in [-0.25, -0.2) is 9.97 Å². The highest BCUT2D eigenvalue weighted by Crippen LogP contribution is 2.24. The Morgan fingerprint density at radius 1 is 1.20 bits per heavy atom. The molecule has 0 bridgehead atoms. The van der Waals surface area contributed by atoms with Crippen molar-refractivity contribution in [2.24, 2.45) is 0 Å². The Hall–Kier alpha value is -2.40. The lowest BCUT2D eigenvalue weighted by molar-refractivity contribution is 0.0956. The molecule has 0 spiro atoms. The average Bonchev–Trinajstić information content (AvgIpc) is 3.02. The molecule has 0 atom stereocenters. The Kier molecular flexibility index (Phi) is 4.40. The molecule has 25 heavy (non-hydrogen) atoms. The van der Waals surface area contributed by atoms with E-state index in [1.165, 1.54) is 11.1 Å². The third-order valence-electron chi connectivity index (χ3n) is 4.84. The van der Waals surface area contributed by atoms with Crippen LogP contribution in [0.4, 0.5) is 0 Å². The van der Waals surface area contributed by atoms with Gasteiger partial charge < -0.3 is 4.74 Å². The van der Waals surface area contributed by atoms with Gasteiger partial charge >= 0.3 is 0 Å². The molecule has 0 unspecified atom stereocenters. The molecule has 4 rings (SSSR count). The number of aromatic nitrogens is 3. The van der Waals surface area contributed by atoms with Gasteiger partial charge in [-0.2, -0.15) is 0 Å². The van der Waals surface area contributed by atoms with Crippen molar-refractivity contribution in [2.45, 2.75) is 39.3 Å². The summed E-state index contributed by atoms with van der Waals surface area (Å²) in [7, 11) is 0. The summed E-state index contributed by atoms with van der Waals surface area (Å²) in [6, 6.07) is 8.34. The van der Waals surface area contributed by atoms with Crippen LogP contribution in [-0.2, 0) is 6.54 Å². The van der Waals surface area contributed by atoms with Crippen molar-refractivity contribution in [3.63, 3.8) is 0 Å². The van der Waals surface area contributed by atoms with Gasteiger partial charge in [-0.3, -0.25) is 9.30 Å². The number of fused-ring (bicyclic) bond motifs is 1. The van der Waals surface area contributed by atoms with Crippen LogP contribution in [0.3, 0.4) is 0 Å². The first-order valence-corrected chi connectivity index (χ1v) is 8.92. The number of imidazole rings is 1. The van der Waals surface area contributed by atoms with E-state index in [2.05, 4.69) is 53.1 Å². The molecule has 5 heteroatoms. The molecule has 0 saturated carbocycles. The highest BCUT2D eigenvalue weighted by molar-refractivity contribution is 5.36. The number of nitrogens with zero attached hydrogens (tertiary/aromatic N) is 4. The number of aryl methyl sites for hydroxylation is 2. The Morgan fingerprint density at radius 3 is 2.84 bits per heavy atom. The molecule has 3 heterocycles. The van der Waals surface area contributed by atoms with E-state index < -0.39 is 0 Å².